The Balaban J connectivity index is 1.44. The first-order chi connectivity index (χ1) is 16.5. The molecule has 0 aliphatic rings. The highest BCUT2D eigenvalue weighted by molar-refractivity contribution is 5.97. The molecule has 0 aromatic heterocycles. The van der Waals surface area contributed by atoms with Crippen LogP contribution in [0.3, 0.4) is 0 Å². The van der Waals surface area contributed by atoms with Crippen LogP contribution in [-0.2, 0) is 11.4 Å². The van der Waals surface area contributed by atoms with Crippen molar-refractivity contribution in [2.24, 2.45) is 5.10 Å². The molecular formula is C26H27N3O5. The average molecular weight is 462 g/mol. The molecule has 2 N–H and O–H groups in total. The van der Waals surface area contributed by atoms with E-state index in [0.717, 1.165) is 16.9 Å². The fraction of sp³-hybridized carbons (Fsp3) is 0.192. The summed E-state index contributed by atoms with van der Waals surface area (Å²) >= 11 is 0. The van der Waals surface area contributed by atoms with Gasteiger partial charge in [-0.1, -0.05) is 12.1 Å². The van der Waals surface area contributed by atoms with Crippen LogP contribution in [0.25, 0.3) is 0 Å². The highest BCUT2D eigenvalue weighted by atomic mass is 16.5. The molecule has 176 valence electrons. The van der Waals surface area contributed by atoms with Gasteiger partial charge in [-0.25, -0.2) is 5.43 Å². The van der Waals surface area contributed by atoms with E-state index in [4.69, 9.17) is 14.2 Å². The molecule has 0 spiro atoms. The highest BCUT2D eigenvalue weighted by Gasteiger charge is 2.16. The van der Waals surface area contributed by atoms with E-state index in [1.54, 1.807) is 45.4 Å². The van der Waals surface area contributed by atoms with Crippen molar-refractivity contribution in [3.8, 4) is 17.2 Å². The van der Waals surface area contributed by atoms with Crippen LogP contribution >= 0.6 is 0 Å². The zero-order valence-electron chi connectivity index (χ0n) is 19.3. The second kappa shape index (κ2) is 12.1. The summed E-state index contributed by atoms with van der Waals surface area (Å²) in [4.78, 5) is 24.5. The number of rotatable bonds is 10. The van der Waals surface area contributed by atoms with Gasteiger partial charge in [0.15, 0.2) is 0 Å². The third-order valence-electron chi connectivity index (χ3n) is 4.93. The molecule has 8 heteroatoms. The molecule has 0 aliphatic heterocycles. The first-order valence-electron chi connectivity index (χ1n) is 10.6. The molecule has 8 nitrogen and oxygen atoms in total. The third-order valence-corrected chi connectivity index (χ3v) is 4.93. The number of ether oxygens (including phenoxy) is 3. The first kappa shape index (κ1) is 24.3. The first-order valence-corrected chi connectivity index (χ1v) is 10.6. The Morgan fingerprint density at radius 3 is 2.00 bits per heavy atom. The standard InChI is InChI=1S/C26H27N3O5/c1-18(28-26(31)21-8-14-23(33-3)15-9-21)25(30)29-27-16-19-4-12-24(13-5-19)34-17-20-6-10-22(32-2)11-7-20/h4-16,18H,17H2,1-3H3,(H,28,31)(H,29,30). The number of carbonyl (C=O) groups is 2. The van der Waals surface area contributed by atoms with Crippen molar-refractivity contribution >= 4 is 18.0 Å². The van der Waals surface area contributed by atoms with E-state index in [0.29, 0.717) is 23.7 Å². The lowest BCUT2D eigenvalue weighted by Gasteiger charge is -2.12. The molecule has 1 unspecified atom stereocenters. The summed E-state index contributed by atoms with van der Waals surface area (Å²) in [6.07, 6.45) is 1.52. The van der Waals surface area contributed by atoms with E-state index in [2.05, 4.69) is 15.8 Å². The number of hydrogen-bond acceptors (Lipinski definition) is 6. The summed E-state index contributed by atoms with van der Waals surface area (Å²) in [7, 11) is 3.18. The van der Waals surface area contributed by atoms with Crippen molar-refractivity contribution in [1.82, 2.24) is 10.7 Å². The van der Waals surface area contributed by atoms with Crippen LogP contribution in [0.15, 0.2) is 77.9 Å². The molecule has 3 aromatic carbocycles. The molecule has 0 aliphatic carbocycles. The number of methoxy groups -OCH3 is 2. The fourth-order valence-electron chi connectivity index (χ4n) is 2.89. The number of nitrogens with one attached hydrogen (secondary N) is 2. The molecule has 0 bridgehead atoms. The van der Waals surface area contributed by atoms with E-state index < -0.39 is 11.9 Å². The Morgan fingerprint density at radius 2 is 1.41 bits per heavy atom. The molecule has 0 saturated carbocycles. The average Bonchev–Trinajstić information content (AvgIpc) is 2.88. The number of carbonyl (C=O) groups excluding carboxylic acids is 2. The topological polar surface area (TPSA) is 98.3 Å². The minimum Gasteiger partial charge on any atom is -0.497 e. The number of nitrogens with zero attached hydrogens (tertiary/aromatic N) is 1. The third kappa shape index (κ3) is 7.09. The van der Waals surface area contributed by atoms with Gasteiger partial charge >= 0.3 is 0 Å². The lowest BCUT2D eigenvalue weighted by molar-refractivity contribution is -0.122. The van der Waals surface area contributed by atoms with Crippen molar-refractivity contribution < 1.29 is 23.8 Å². The van der Waals surface area contributed by atoms with Crippen molar-refractivity contribution in [2.45, 2.75) is 19.6 Å². The zero-order chi connectivity index (χ0) is 24.3. The van der Waals surface area contributed by atoms with Gasteiger partial charge in [-0.15, -0.1) is 0 Å². The summed E-state index contributed by atoms with van der Waals surface area (Å²) < 4.78 is 16.0. The summed E-state index contributed by atoms with van der Waals surface area (Å²) in [5, 5.41) is 6.59. The Morgan fingerprint density at radius 1 is 0.853 bits per heavy atom. The second-order valence-electron chi connectivity index (χ2n) is 7.36. The molecule has 0 fully saturated rings. The molecule has 3 aromatic rings. The van der Waals surface area contributed by atoms with Crippen LogP contribution in [0.1, 0.15) is 28.4 Å². The van der Waals surface area contributed by atoms with Crippen LogP contribution < -0.4 is 25.0 Å². The van der Waals surface area contributed by atoms with Gasteiger partial charge in [0, 0.05) is 5.56 Å². The Kier molecular flexibility index (Phi) is 8.62. The predicted molar refractivity (Wildman–Crippen MR) is 129 cm³/mol. The normalized spacial score (nSPS) is 11.5. The predicted octanol–water partition coefficient (Wildman–Crippen LogP) is 3.55. The zero-order valence-corrected chi connectivity index (χ0v) is 19.3. The maximum Gasteiger partial charge on any atom is 0.262 e. The molecule has 0 heterocycles. The monoisotopic (exact) mass is 461 g/mol. The van der Waals surface area contributed by atoms with E-state index in [9.17, 15) is 9.59 Å². The summed E-state index contributed by atoms with van der Waals surface area (Å²) in [5.41, 5.74) is 4.67. The lowest BCUT2D eigenvalue weighted by Crippen LogP contribution is -2.43. The molecule has 0 saturated heterocycles. The largest absolute Gasteiger partial charge is 0.497 e. The van der Waals surface area contributed by atoms with Crippen molar-refractivity contribution in [3.05, 3.63) is 89.5 Å². The SMILES string of the molecule is COc1ccc(COc2ccc(C=NNC(=O)C(C)NC(=O)c3ccc(OC)cc3)cc2)cc1. The minimum atomic E-state index is -0.763. The van der Waals surface area contributed by atoms with Crippen molar-refractivity contribution in [2.75, 3.05) is 14.2 Å². The van der Waals surface area contributed by atoms with Crippen LogP contribution in [0.4, 0.5) is 0 Å². The summed E-state index contributed by atoms with van der Waals surface area (Å²) in [6.45, 7) is 2.02. The maximum absolute atomic E-state index is 12.3. The summed E-state index contributed by atoms with van der Waals surface area (Å²) in [5.74, 6) is 1.37. The Labute approximate surface area is 198 Å². The van der Waals surface area contributed by atoms with Crippen molar-refractivity contribution in [3.63, 3.8) is 0 Å². The number of hydrogen-bond donors (Lipinski definition) is 2. The minimum absolute atomic E-state index is 0.362. The Hall–Kier alpha value is -4.33. The lowest BCUT2D eigenvalue weighted by atomic mass is 10.2. The smallest absolute Gasteiger partial charge is 0.262 e. The van der Waals surface area contributed by atoms with Crippen LogP contribution in [0.2, 0.25) is 0 Å². The van der Waals surface area contributed by atoms with E-state index in [1.165, 1.54) is 6.21 Å². The highest BCUT2D eigenvalue weighted by Crippen LogP contribution is 2.16. The van der Waals surface area contributed by atoms with Gasteiger partial charge < -0.3 is 19.5 Å². The van der Waals surface area contributed by atoms with Crippen LogP contribution in [0.5, 0.6) is 17.2 Å². The number of amides is 2. The molecule has 2 amide bonds. The Bertz CT molecular complexity index is 1110. The van der Waals surface area contributed by atoms with Gasteiger partial charge in [-0.3, -0.25) is 9.59 Å². The van der Waals surface area contributed by atoms with Gasteiger partial charge in [0.05, 0.1) is 20.4 Å². The molecular weight excluding hydrogens is 434 g/mol. The molecule has 34 heavy (non-hydrogen) atoms. The molecule has 1 atom stereocenters. The quantitative estimate of drug-likeness (QED) is 0.355. The molecule has 3 rings (SSSR count). The number of benzene rings is 3. The van der Waals surface area contributed by atoms with Gasteiger partial charge in [-0.2, -0.15) is 5.10 Å². The molecule has 0 radical (unpaired) electrons. The fourth-order valence-corrected chi connectivity index (χ4v) is 2.89. The van der Waals surface area contributed by atoms with E-state index in [-0.39, 0.29) is 5.91 Å². The van der Waals surface area contributed by atoms with Gasteiger partial charge in [0.1, 0.15) is 29.9 Å². The van der Waals surface area contributed by atoms with E-state index in [1.807, 2.05) is 48.5 Å². The van der Waals surface area contributed by atoms with E-state index >= 15 is 0 Å². The van der Waals surface area contributed by atoms with Crippen molar-refractivity contribution in [1.29, 1.82) is 0 Å². The maximum atomic E-state index is 12.3. The van der Waals surface area contributed by atoms with Gasteiger partial charge in [0.2, 0.25) is 0 Å². The van der Waals surface area contributed by atoms with Gasteiger partial charge in [0.25, 0.3) is 11.8 Å². The summed E-state index contributed by atoms with van der Waals surface area (Å²) in [6, 6.07) is 20.8. The second-order valence-corrected chi connectivity index (χ2v) is 7.36. The van der Waals surface area contributed by atoms with Crippen LogP contribution in [0, 0.1) is 0 Å². The number of hydrazone groups is 1. The van der Waals surface area contributed by atoms with Crippen LogP contribution in [-0.4, -0.2) is 38.3 Å². The van der Waals surface area contributed by atoms with Gasteiger partial charge in [-0.05, 0) is 78.7 Å².